The zero-order valence-corrected chi connectivity index (χ0v) is 17.1. The van der Waals surface area contributed by atoms with Crippen LogP contribution in [0.25, 0.3) is 0 Å². The monoisotopic (exact) mass is 465 g/mol. The molecule has 3 rings (SSSR count). The zero-order chi connectivity index (χ0) is 22.6. The molecule has 160 valence electrons. The number of hydrogen-bond donors (Lipinski definition) is 3. The lowest BCUT2D eigenvalue weighted by atomic mass is 10.2. The van der Waals surface area contributed by atoms with Crippen molar-refractivity contribution in [3.8, 4) is 0 Å². The van der Waals surface area contributed by atoms with E-state index in [1.165, 1.54) is 42.5 Å². The Balaban J connectivity index is 1.76. The Morgan fingerprint density at radius 3 is 2.16 bits per heavy atom. The van der Waals surface area contributed by atoms with Crippen LogP contribution in [0.4, 0.5) is 14.5 Å². The molecule has 0 atom stereocenters. The fourth-order valence-electron chi connectivity index (χ4n) is 2.48. The third kappa shape index (κ3) is 5.36. The summed E-state index contributed by atoms with van der Waals surface area (Å²) >= 11 is 5.98. The molecule has 7 nitrogen and oxygen atoms in total. The van der Waals surface area contributed by atoms with Crippen LogP contribution in [0.5, 0.6) is 0 Å². The van der Waals surface area contributed by atoms with Crippen molar-refractivity contribution in [1.82, 2.24) is 10.9 Å². The van der Waals surface area contributed by atoms with E-state index in [0.717, 1.165) is 24.3 Å². The smallest absolute Gasteiger partial charge is 0.272 e. The van der Waals surface area contributed by atoms with Gasteiger partial charge in [0, 0.05) is 11.3 Å². The summed E-state index contributed by atoms with van der Waals surface area (Å²) < 4.78 is 54.2. The van der Waals surface area contributed by atoms with Gasteiger partial charge in [0.05, 0.1) is 10.6 Å². The maximum Gasteiger partial charge on any atom is 0.272 e. The van der Waals surface area contributed by atoms with Crippen molar-refractivity contribution >= 4 is 39.1 Å². The van der Waals surface area contributed by atoms with E-state index in [2.05, 4.69) is 10.1 Å². The van der Waals surface area contributed by atoms with Crippen molar-refractivity contribution in [2.75, 3.05) is 4.72 Å². The molecule has 2 amide bonds. The van der Waals surface area contributed by atoms with Crippen LogP contribution in [0.3, 0.4) is 0 Å². The predicted octanol–water partition coefficient (Wildman–Crippen LogP) is 3.49. The standard InChI is InChI=1S/C20H14ClF2N3O4S/c21-16-10-5-12(19(27)24-25-20(28)15-3-1-2-4-17(15)23)11-18(16)31(29,30)26-14-8-6-13(22)7-9-14/h1-11,26H,(H,24,27)(H,25,28). The topological polar surface area (TPSA) is 104 Å². The van der Waals surface area contributed by atoms with Crippen LogP contribution in [0, 0.1) is 11.6 Å². The first-order valence-electron chi connectivity index (χ1n) is 8.60. The van der Waals surface area contributed by atoms with Gasteiger partial charge in [0.15, 0.2) is 0 Å². The number of anilines is 1. The first kappa shape index (κ1) is 22.2. The van der Waals surface area contributed by atoms with E-state index < -0.39 is 38.4 Å². The molecule has 0 fully saturated rings. The van der Waals surface area contributed by atoms with E-state index >= 15 is 0 Å². The highest BCUT2D eigenvalue weighted by atomic mass is 35.5. The van der Waals surface area contributed by atoms with E-state index in [1.807, 2.05) is 5.43 Å². The summed E-state index contributed by atoms with van der Waals surface area (Å²) in [5.41, 5.74) is 3.78. The third-order valence-corrected chi connectivity index (χ3v) is 5.85. The SMILES string of the molecule is O=C(NNC(=O)c1ccccc1F)c1ccc(Cl)c(S(=O)(=O)Nc2ccc(F)cc2)c1. The number of halogens is 3. The van der Waals surface area contributed by atoms with Crippen LogP contribution in [0.1, 0.15) is 20.7 Å². The highest BCUT2D eigenvalue weighted by Crippen LogP contribution is 2.25. The number of hydrogen-bond acceptors (Lipinski definition) is 4. The van der Waals surface area contributed by atoms with Crippen molar-refractivity contribution in [3.05, 3.63) is 94.5 Å². The number of sulfonamides is 1. The Morgan fingerprint density at radius 1 is 0.839 bits per heavy atom. The van der Waals surface area contributed by atoms with Crippen LogP contribution < -0.4 is 15.6 Å². The molecule has 0 bridgehead atoms. The molecule has 3 aromatic carbocycles. The zero-order valence-electron chi connectivity index (χ0n) is 15.5. The maximum atomic E-state index is 13.6. The minimum Gasteiger partial charge on any atom is -0.280 e. The lowest BCUT2D eigenvalue weighted by Crippen LogP contribution is -2.42. The first-order chi connectivity index (χ1) is 14.7. The van der Waals surface area contributed by atoms with E-state index in [1.54, 1.807) is 0 Å². The van der Waals surface area contributed by atoms with Gasteiger partial charge in [-0.2, -0.15) is 0 Å². The average Bonchev–Trinajstić information content (AvgIpc) is 2.74. The molecule has 0 unspecified atom stereocenters. The van der Waals surface area contributed by atoms with Crippen molar-refractivity contribution in [1.29, 1.82) is 0 Å². The molecule has 0 aliphatic heterocycles. The van der Waals surface area contributed by atoms with Crippen LogP contribution >= 0.6 is 11.6 Å². The molecule has 0 radical (unpaired) electrons. The summed E-state index contributed by atoms with van der Waals surface area (Å²) in [6.45, 7) is 0. The Morgan fingerprint density at radius 2 is 1.48 bits per heavy atom. The number of rotatable bonds is 5. The normalized spacial score (nSPS) is 10.9. The van der Waals surface area contributed by atoms with Gasteiger partial charge in [0.2, 0.25) is 0 Å². The molecular weight excluding hydrogens is 452 g/mol. The summed E-state index contributed by atoms with van der Waals surface area (Å²) in [7, 11) is -4.21. The van der Waals surface area contributed by atoms with E-state index in [-0.39, 0.29) is 21.8 Å². The molecular formula is C20H14ClF2N3O4S. The van der Waals surface area contributed by atoms with Crippen LogP contribution in [-0.2, 0) is 10.0 Å². The van der Waals surface area contributed by atoms with E-state index in [0.29, 0.717) is 0 Å². The molecule has 31 heavy (non-hydrogen) atoms. The summed E-state index contributed by atoms with van der Waals surface area (Å²) in [4.78, 5) is 23.9. The van der Waals surface area contributed by atoms with Gasteiger partial charge in [-0.25, -0.2) is 17.2 Å². The number of carbonyl (C=O) groups excluding carboxylic acids is 2. The Hall–Kier alpha value is -3.50. The second-order valence-electron chi connectivity index (χ2n) is 6.15. The number of hydrazine groups is 1. The number of carbonyl (C=O) groups is 2. The molecule has 3 aromatic rings. The Bertz CT molecular complexity index is 1250. The quantitative estimate of drug-likeness (QED) is 0.502. The Kier molecular flexibility index (Phi) is 6.52. The third-order valence-electron chi connectivity index (χ3n) is 3.99. The fourth-order valence-corrected chi connectivity index (χ4v) is 4.06. The molecule has 0 aliphatic rings. The Labute approximate surface area is 181 Å². The molecule has 11 heteroatoms. The maximum absolute atomic E-state index is 13.6. The van der Waals surface area contributed by atoms with E-state index in [9.17, 15) is 26.8 Å². The van der Waals surface area contributed by atoms with E-state index in [4.69, 9.17) is 11.6 Å². The molecule has 0 spiro atoms. The van der Waals surface area contributed by atoms with Gasteiger partial charge in [0.1, 0.15) is 16.5 Å². The minimum absolute atomic E-state index is 0.0875. The second-order valence-corrected chi connectivity index (χ2v) is 8.20. The number of amides is 2. The molecule has 0 aromatic heterocycles. The van der Waals surface area contributed by atoms with Gasteiger partial charge in [-0.15, -0.1) is 0 Å². The largest absolute Gasteiger partial charge is 0.280 e. The van der Waals surface area contributed by atoms with Crippen molar-refractivity contribution in [3.63, 3.8) is 0 Å². The molecule has 0 saturated carbocycles. The van der Waals surface area contributed by atoms with Crippen LogP contribution in [-0.4, -0.2) is 20.2 Å². The highest BCUT2D eigenvalue weighted by molar-refractivity contribution is 7.92. The summed E-state index contributed by atoms with van der Waals surface area (Å²) in [5, 5.41) is -0.165. The predicted molar refractivity (Wildman–Crippen MR) is 110 cm³/mol. The van der Waals surface area contributed by atoms with Crippen LogP contribution in [0.15, 0.2) is 71.6 Å². The van der Waals surface area contributed by atoms with Gasteiger partial charge in [0.25, 0.3) is 21.8 Å². The second kappa shape index (κ2) is 9.11. The van der Waals surface area contributed by atoms with Gasteiger partial charge in [-0.3, -0.25) is 25.2 Å². The summed E-state index contributed by atoms with van der Waals surface area (Å²) in [6.07, 6.45) is 0. The number of benzene rings is 3. The average molecular weight is 466 g/mol. The van der Waals surface area contributed by atoms with Gasteiger partial charge >= 0.3 is 0 Å². The van der Waals surface area contributed by atoms with Crippen molar-refractivity contribution < 1.29 is 26.8 Å². The van der Waals surface area contributed by atoms with Crippen molar-refractivity contribution in [2.24, 2.45) is 0 Å². The van der Waals surface area contributed by atoms with Gasteiger partial charge in [-0.1, -0.05) is 23.7 Å². The first-order valence-corrected chi connectivity index (χ1v) is 10.5. The molecule has 0 heterocycles. The lowest BCUT2D eigenvalue weighted by Gasteiger charge is -2.12. The molecule has 0 saturated heterocycles. The summed E-state index contributed by atoms with van der Waals surface area (Å²) in [5.74, 6) is -3.08. The minimum atomic E-state index is -4.21. The van der Waals surface area contributed by atoms with Crippen molar-refractivity contribution in [2.45, 2.75) is 4.90 Å². The van der Waals surface area contributed by atoms with Gasteiger partial charge in [-0.05, 0) is 54.6 Å². The van der Waals surface area contributed by atoms with Gasteiger partial charge < -0.3 is 0 Å². The molecule has 0 aliphatic carbocycles. The summed E-state index contributed by atoms with van der Waals surface area (Å²) in [6, 6.07) is 13.2. The number of nitrogens with one attached hydrogen (secondary N) is 3. The molecule has 3 N–H and O–H groups in total. The fraction of sp³-hybridized carbons (Fsp3) is 0. The highest BCUT2D eigenvalue weighted by Gasteiger charge is 2.21. The lowest BCUT2D eigenvalue weighted by molar-refractivity contribution is 0.0844. The van der Waals surface area contributed by atoms with Crippen LogP contribution in [0.2, 0.25) is 5.02 Å².